The molecular formula is C15H22N4O. The Kier molecular flexibility index (Phi) is 3.98. The molecule has 1 saturated carbocycles. The minimum atomic E-state index is 0.0318. The highest BCUT2D eigenvalue weighted by atomic mass is 16.5. The lowest BCUT2D eigenvalue weighted by atomic mass is 9.90. The predicted octanol–water partition coefficient (Wildman–Crippen LogP) is 1.51. The Labute approximate surface area is 119 Å². The molecule has 3 N–H and O–H groups in total. The van der Waals surface area contributed by atoms with Crippen LogP contribution in [0.25, 0.3) is 0 Å². The van der Waals surface area contributed by atoms with E-state index >= 15 is 0 Å². The molecule has 0 aromatic carbocycles. The van der Waals surface area contributed by atoms with E-state index in [2.05, 4.69) is 9.88 Å². The third kappa shape index (κ3) is 2.83. The Hall–Kier alpha value is -1.46. The molecule has 108 valence electrons. The minimum Gasteiger partial charge on any atom is -0.382 e. The molecule has 5 nitrogen and oxygen atoms in total. The summed E-state index contributed by atoms with van der Waals surface area (Å²) < 4.78 is 5.90. The molecule has 1 aliphatic carbocycles. The standard InChI is InChI=1S/C15H22N4O/c16-15(17)12-9-11(5-6-18-12)10-19-7-8-20-14-4-2-1-3-13(14)19/h5-6,9,13-14H,1-4,7-8,10H2,(H3,16,17). The van der Waals surface area contributed by atoms with Crippen molar-refractivity contribution in [1.82, 2.24) is 9.88 Å². The summed E-state index contributed by atoms with van der Waals surface area (Å²) in [6.45, 7) is 2.71. The Morgan fingerprint density at radius 1 is 1.45 bits per heavy atom. The van der Waals surface area contributed by atoms with Crippen LogP contribution in [-0.4, -0.2) is 41.0 Å². The maximum Gasteiger partial charge on any atom is 0.141 e. The molecule has 1 aromatic heterocycles. The second kappa shape index (κ2) is 5.89. The van der Waals surface area contributed by atoms with Crippen molar-refractivity contribution < 1.29 is 4.74 Å². The SMILES string of the molecule is N=C(N)c1cc(CN2CCOC3CCCCC32)ccn1. The van der Waals surface area contributed by atoms with E-state index in [1.54, 1.807) is 6.20 Å². The van der Waals surface area contributed by atoms with Crippen LogP contribution in [0.4, 0.5) is 0 Å². The molecule has 2 heterocycles. The van der Waals surface area contributed by atoms with E-state index in [0.29, 0.717) is 17.8 Å². The van der Waals surface area contributed by atoms with Crippen LogP contribution in [0.2, 0.25) is 0 Å². The summed E-state index contributed by atoms with van der Waals surface area (Å²) in [6.07, 6.45) is 7.16. The summed E-state index contributed by atoms with van der Waals surface area (Å²) in [5.74, 6) is 0.0318. The number of nitrogens with two attached hydrogens (primary N) is 1. The number of fused-ring (bicyclic) bond motifs is 1. The van der Waals surface area contributed by atoms with Crippen molar-refractivity contribution in [2.75, 3.05) is 13.2 Å². The molecule has 0 bridgehead atoms. The van der Waals surface area contributed by atoms with Crippen LogP contribution in [0.5, 0.6) is 0 Å². The van der Waals surface area contributed by atoms with E-state index in [1.807, 2.05) is 12.1 Å². The van der Waals surface area contributed by atoms with Gasteiger partial charge >= 0.3 is 0 Å². The summed E-state index contributed by atoms with van der Waals surface area (Å²) >= 11 is 0. The zero-order chi connectivity index (χ0) is 13.9. The fourth-order valence-electron chi connectivity index (χ4n) is 3.33. The Balaban J connectivity index is 1.72. The summed E-state index contributed by atoms with van der Waals surface area (Å²) in [5.41, 5.74) is 7.25. The number of ether oxygens (including phenoxy) is 1. The Bertz CT molecular complexity index is 489. The van der Waals surface area contributed by atoms with Crippen LogP contribution < -0.4 is 5.73 Å². The molecule has 0 radical (unpaired) electrons. The number of nitrogen functional groups attached to an aromatic ring is 1. The molecule has 2 unspecified atom stereocenters. The van der Waals surface area contributed by atoms with Gasteiger partial charge in [0.25, 0.3) is 0 Å². The number of rotatable bonds is 3. The Morgan fingerprint density at radius 2 is 2.30 bits per heavy atom. The molecule has 3 rings (SSSR count). The fraction of sp³-hybridized carbons (Fsp3) is 0.600. The fourth-order valence-corrected chi connectivity index (χ4v) is 3.33. The number of nitrogens with zero attached hydrogens (tertiary/aromatic N) is 2. The Morgan fingerprint density at radius 3 is 3.15 bits per heavy atom. The van der Waals surface area contributed by atoms with Gasteiger partial charge in [-0.3, -0.25) is 15.3 Å². The first-order valence-electron chi connectivity index (χ1n) is 7.39. The number of hydrogen-bond acceptors (Lipinski definition) is 4. The molecule has 2 fully saturated rings. The van der Waals surface area contributed by atoms with Gasteiger partial charge in [-0.1, -0.05) is 12.8 Å². The van der Waals surface area contributed by atoms with E-state index in [-0.39, 0.29) is 5.84 Å². The van der Waals surface area contributed by atoms with Crippen molar-refractivity contribution in [2.45, 2.75) is 44.4 Å². The summed E-state index contributed by atoms with van der Waals surface area (Å²) in [4.78, 5) is 6.64. The van der Waals surface area contributed by atoms with Crippen LogP contribution >= 0.6 is 0 Å². The predicted molar refractivity (Wildman–Crippen MR) is 77.7 cm³/mol. The summed E-state index contributed by atoms with van der Waals surface area (Å²) in [7, 11) is 0. The van der Waals surface area contributed by atoms with Gasteiger partial charge in [0.2, 0.25) is 0 Å². The molecule has 5 heteroatoms. The first kappa shape index (κ1) is 13.5. The largest absolute Gasteiger partial charge is 0.382 e. The molecule has 0 amide bonds. The maximum absolute atomic E-state index is 7.48. The molecule has 20 heavy (non-hydrogen) atoms. The zero-order valence-corrected chi connectivity index (χ0v) is 11.7. The maximum atomic E-state index is 7.48. The second-order valence-electron chi connectivity index (χ2n) is 5.69. The first-order chi connectivity index (χ1) is 9.74. The number of aromatic nitrogens is 1. The molecule has 2 atom stereocenters. The van der Waals surface area contributed by atoms with Crippen LogP contribution in [0.3, 0.4) is 0 Å². The molecule has 0 spiro atoms. The van der Waals surface area contributed by atoms with Crippen molar-refractivity contribution in [3.8, 4) is 0 Å². The van der Waals surface area contributed by atoms with Gasteiger partial charge in [0.1, 0.15) is 11.5 Å². The highest BCUT2D eigenvalue weighted by Crippen LogP contribution is 2.29. The van der Waals surface area contributed by atoms with E-state index in [9.17, 15) is 0 Å². The summed E-state index contributed by atoms with van der Waals surface area (Å²) in [6, 6.07) is 4.49. The highest BCUT2D eigenvalue weighted by Gasteiger charge is 2.33. The monoisotopic (exact) mass is 274 g/mol. The van der Waals surface area contributed by atoms with Crippen LogP contribution in [0.1, 0.15) is 36.9 Å². The van der Waals surface area contributed by atoms with Crippen molar-refractivity contribution >= 4 is 5.84 Å². The molecule has 1 aromatic rings. The van der Waals surface area contributed by atoms with Gasteiger partial charge in [0.05, 0.1) is 12.7 Å². The topological polar surface area (TPSA) is 75.2 Å². The van der Waals surface area contributed by atoms with Crippen LogP contribution in [0.15, 0.2) is 18.3 Å². The van der Waals surface area contributed by atoms with Crippen molar-refractivity contribution in [3.05, 3.63) is 29.6 Å². The minimum absolute atomic E-state index is 0.0318. The molecule has 1 saturated heterocycles. The normalized spacial score (nSPS) is 27.0. The average molecular weight is 274 g/mol. The third-order valence-electron chi connectivity index (χ3n) is 4.33. The van der Waals surface area contributed by atoms with Gasteiger partial charge in [-0.25, -0.2) is 0 Å². The average Bonchev–Trinajstić information content (AvgIpc) is 2.48. The zero-order valence-electron chi connectivity index (χ0n) is 11.7. The van der Waals surface area contributed by atoms with E-state index < -0.39 is 0 Å². The first-order valence-corrected chi connectivity index (χ1v) is 7.39. The van der Waals surface area contributed by atoms with Gasteiger partial charge in [-0.05, 0) is 30.5 Å². The van der Waals surface area contributed by atoms with E-state index in [0.717, 1.165) is 19.7 Å². The van der Waals surface area contributed by atoms with E-state index in [4.69, 9.17) is 15.9 Å². The number of nitrogens with one attached hydrogen (secondary N) is 1. The highest BCUT2D eigenvalue weighted by molar-refractivity contribution is 5.93. The van der Waals surface area contributed by atoms with Crippen LogP contribution in [-0.2, 0) is 11.3 Å². The van der Waals surface area contributed by atoms with E-state index in [1.165, 1.54) is 31.2 Å². The number of pyridine rings is 1. The van der Waals surface area contributed by atoms with Crippen LogP contribution in [0, 0.1) is 5.41 Å². The quantitative estimate of drug-likeness (QED) is 0.647. The lowest BCUT2D eigenvalue weighted by molar-refractivity contribution is -0.0911. The van der Waals surface area contributed by atoms with Crippen molar-refractivity contribution in [1.29, 1.82) is 5.41 Å². The number of morpholine rings is 1. The van der Waals surface area contributed by atoms with Gasteiger partial charge in [-0.2, -0.15) is 0 Å². The van der Waals surface area contributed by atoms with Crippen molar-refractivity contribution in [2.24, 2.45) is 5.73 Å². The van der Waals surface area contributed by atoms with Gasteiger partial charge in [-0.15, -0.1) is 0 Å². The summed E-state index contributed by atoms with van der Waals surface area (Å²) in [5, 5.41) is 7.48. The lowest BCUT2D eigenvalue weighted by Crippen LogP contribution is -2.52. The second-order valence-corrected chi connectivity index (χ2v) is 5.69. The molecular weight excluding hydrogens is 252 g/mol. The number of hydrogen-bond donors (Lipinski definition) is 2. The van der Waals surface area contributed by atoms with Gasteiger partial charge < -0.3 is 10.5 Å². The number of amidine groups is 1. The molecule has 1 aliphatic heterocycles. The van der Waals surface area contributed by atoms with Gasteiger partial charge in [0, 0.05) is 25.3 Å². The smallest absolute Gasteiger partial charge is 0.141 e. The van der Waals surface area contributed by atoms with Gasteiger partial charge in [0.15, 0.2) is 0 Å². The van der Waals surface area contributed by atoms with Crippen molar-refractivity contribution in [3.63, 3.8) is 0 Å². The molecule has 2 aliphatic rings. The third-order valence-corrected chi connectivity index (χ3v) is 4.33. The lowest BCUT2D eigenvalue weighted by Gasteiger charge is -2.43.